The van der Waals surface area contributed by atoms with Gasteiger partial charge in [0.05, 0.1) is 6.10 Å². The van der Waals surface area contributed by atoms with Crippen molar-refractivity contribution in [3.05, 3.63) is 29.6 Å². The van der Waals surface area contributed by atoms with Crippen LogP contribution >= 0.6 is 0 Å². The smallest absolute Gasteiger partial charge is 0.258 e. The Hall–Kier alpha value is -1.62. The zero-order valence-corrected chi connectivity index (χ0v) is 12.3. The largest absolute Gasteiger partial charge is 0.481 e. The highest BCUT2D eigenvalue weighted by Gasteiger charge is 2.13. The van der Waals surface area contributed by atoms with Crippen LogP contribution in [0.1, 0.15) is 39.4 Å². The SMILES string of the molecule is CC(O)c1ccc(OCC(=O)NC(C)C(C)C)c(F)c1. The molecule has 4 nitrogen and oxygen atoms in total. The van der Waals surface area contributed by atoms with Crippen LogP contribution in [0.25, 0.3) is 0 Å². The molecular formula is C15H22FNO3. The molecule has 1 aromatic rings. The lowest BCUT2D eigenvalue weighted by atomic mass is 10.1. The Labute approximate surface area is 119 Å². The van der Waals surface area contributed by atoms with Crippen molar-refractivity contribution < 1.29 is 19.0 Å². The minimum Gasteiger partial charge on any atom is -0.481 e. The van der Waals surface area contributed by atoms with Crippen LogP contribution in [0.4, 0.5) is 4.39 Å². The van der Waals surface area contributed by atoms with Gasteiger partial charge in [-0.2, -0.15) is 0 Å². The molecule has 5 heteroatoms. The number of halogens is 1. The number of carbonyl (C=O) groups is 1. The first-order chi connectivity index (χ1) is 9.31. The van der Waals surface area contributed by atoms with E-state index in [0.29, 0.717) is 11.5 Å². The highest BCUT2D eigenvalue weighted by molar-refractivity contribution is 5.77. The van der Waals surface area contributed by atoms with Crippen LogP contribution < -0.4 is 10.1 Å². The molecule has 1 amide bonds. The van der Waals surface area contributed by atoms with E-state index >= 15 is 0 Å². The third-order valence-electron chi connectivity index (χ3n) is 3.19. The fraction of sp³-hybridized carbons (Fsp3) is 0.533. The summed E-state index contributed by atoms with van der Waals surface area (Å²) < 4.78 is 18.8. The lowest BCUT2D eigenvalue weighted by Crippen LogP contribution is -2.39. The van der Waals surface area contributed by atoms with E-state index in [4.69, 9.17) is 4.74 Å². The molecule has 2 unspecified atom stereocenters. The summed E-state index contributed by atoms with van der Waals surface area (Å²) in [5.74, 6) is -0.555. The lowest BCUT2D eigenvalue weighted by molar-refractivity contribution is -0.124. The molecule has 0 saturated heterocycles. The molecule has 0 aliphatic rings. The minimum atomic E-state index is -0.742. The van der Waals surface area contributed by atoms with Crippen molar-refractivity contribution in [3.8, 4) is 5.75 Å². The molecule has 2 N–H and O–H groups in total. The Balaban J connectivity index is 2.56. The summed E-state index contributed by atoms with van der Waals surface area (Å²) in [6.07, 6.45) is -0.742. The number of ether oxygens (including phenoxy) is 1. The predicted molar refractivity (Wildman–Crippen MR) is 75.0 cm³/mol. The third kappa shape index (κ3) is 4.81. The van der Waals surface area contributed by atoms with Crippen LogP contribution in [-0.2, 0) is 4.79 Å². The molecule has 1 rings (SSSR count). The summed E-state index contributed by atoms with van der Waals surface area (Å²) in [6, 6.07) is 4.22. The lowest BCUT2D eigenvalue weighted by Gasteiger charge is -2.17. The number of carbonyl (C=O) groups excluding carboxylic acids is 1. The average Bonchev–Trinajstić information content (AvgIpc) is 2.36. The van der Waals surface area contributed by atoms with Gasteiger partial charge in [0.25, 0.3) is 5.91 Å². The van der Waals surface area contributed by atoms with Gasteiger partial charge in [-0.3, -0.25) is 4.79 Å². The van der Waals surface area contributed by atoms with Crippen LogP contribution in [0.3, 0.4) is 0 Å². The van der Waals surface area contributed by atoms with E-state index in [9.17, 15) is 14.3 Å². The van der Waals surface area contributed by atoms with Crippen LogP contribution in [0, 0.1) is 11.7 Å². The Morgan fingerprint density at radius 2 is 2.00 bits per heavy atom. The fourth-order valence-electron chi connectivity index (χ4n) is 1.50. The Morgan fingerprint density at radius 3 is 2.50 bits per heavy atom. The first-order valence-corrected chi connectivity index (χ1v) is 6.71. The zero-order valence-electron chi connectivity index (χ0n) is 12.3. The molecule has 0 aliphatic carbocycles. The van der Waals surface area contributed by atoms with E-state index in [-0.39, 0.29) is 24.3 Å². The summed E-state index contributed by atoms with van der Waals surface area (Å²) in [6.45, 7) is 7.22. The van der Waals surface area contributed by atoms with Crippen molar-refractivity contribution in [1.29, 1.82) is 0 Å². The van der Waals surface area contributed by atoms with Crippen molar-refractivity contribution >= 4 is 5.91 Å². The maximum atomic E-state index is 13.7. The molecule has 0 heterocycles. The Morgan fingerprint density at radius 1 is 1.35 bits per heavy atom. The second-order valence-corrected chi connectivity index (χ2v) is 5.25. The number of aliphatic hydroxyl groups is 1. The van der Waals surface area contributed by atoms with Gasteiger partial charge in [-0.05, 0) is 37.5 Å². The first-order valence-electron chi connectivity index (χ1n) is 6.71. The molecular weight excluding hydrogens is 261 g/mol. The second kappa shape index (κ2) is 7.24. The number of benzene rings is 1. The summed E-state index contributed by atoms with van der Waals surface area (Å²) >= 11 is 0. The highest BCUT2D eigenvalue weighted by atomic mass is 19.1. The van der Waals surface area contributed by atoms with Gasteiger partial charge < -0.3 is 15.2 Å². The Kier molecular flexibility index (Phi) is 5.95. The monoisotopic (exact) mass is 283 g/mol. The molecule has 0 aromatic heterocycles. The second-order valence-electron chi connectivity index (χ2n) is 5.25. The maximum absolute atomic E-state index is 13.7. The van der Waals surface area contributed by atoms with Crippen molar-refractivity contribution in [2.45, 2.75) is 39.8 Å². The van der Waals surface area contributed by atoms with Gasteiger partial charge in [0, 0.05) is 6.04 Å². The first kappa shape index (κ1) is 16.4. The molecule has 0 radical (unpaired) electrons. The summed E-state index contributed by atoms with van der Waals surface area (Å²) in [7, 11) is 0. The van der Waals surface area contributed by atoms with Gasteiger partial charge in [-0.25, -0.2) is 4.39 Å². The molecule has 0 saturated carbocycles. The standard InChI is InChI=1S/C15H22FNO3/c1-9(2)10(3)17-15(19)8-20-14-6-5-12(11(4)18)7-13(14)16/h5-7,9-11,18H,8H2,1-4H3,(H,17,19). The molecule has 112 valence electrons. The van der Waals surface area contributed by atoms with Crippen LogP contribution in [0.5, 0.6) is 5.75 Å². The maximum Gasteiger partial charge on any atom is 0.258 e. The van der Waals surface area contributed by atoms with E-state index in [1.807, 2.05) is 20.8 Å². The number of hydrogen-bond acceptors (Lipinski definition) is 3. The molecule has 0 fully saturated rings. The van der Waals surface area contributed by atoms with Crippen LogP contribution in [0.15, 0.2) is 18.2 Å². The van der Waals surface area contributed by atoms with Crippen molar-refractivity contribution in [2.75, 3.05) is 6.61 Å². The third-order valence-corrected chi connectivity index (χ3v) is 3.19. The molecule has 20 heavy (non-hydrogen) atoms. The van der Waals surface area contributed by atoms with E-state index in [0.717, 1.165) is 0 Å². The molecule has 0 aliphatic heterocycles. The Bertz CT molecular complexity index is 460. The highest BCUT2D eigenvalue weighted by Crippen LogP contribution is 2.21. The fourth-order valence-corrected chi connectivity index (χ4v) is 1.50. The molecule has 2 atom stereocenters. The average molecular weight is 283 g/mol. The van der Waals surface area contributed by atoms with Gasteiger partial charge in [0.2, 0.25) is 0 Å². The normalized spacial score (nSPS) is 13.9. The molecule has 0 spiro atoms. The van der Waals surface area contributed by atoms with Crippen molar-refractivity contribution in [1.82, 2.24) is 5.32 Å². The van der Waals surface area contributed by atoms with Gasteiger partial charge in [-0.15, -0.1) is 0 Å². The van der Waals surface area contributed by atoms with Crippen molar-refractivity contribution in [3.63, 3.8) is 0 Å². The van der Waals surface area contributed by atoms with Gasteiger partial charge in [-0.1, -0.05) is 19.9 Å². The summed E-state index contributed by atoms with van der Waals surface area (Å²) in [5, 5.41) is 12.1. The van der Waals surface area contributed by atoms with E-state index < -0.39 is 11.9 Å². The van der Waals surface area contributed by atoms with E-state index in [2.05, 4.69) is 5.32 Å². The molecule has 0 bridgehead atoms. The molecule has 1 aromatic carbocycles. The number of amides is 1. The van der Waals surface area contributed by atoms with E-state index in [1.165, 1.54) is 12.1 Å². The van der Waals surface area contributed by atoms with Crippen molar-refractivity contribution in [2.24, 2.45) is 5.92 Å². The zero-order chi connectivity index (χ0) is 15.3. The summed E-state index contributed by atoms with van der Waals surface area (Å²) in [4.78, 5) is 11.6. The number of nitrogens with one attached hydrogen (secondary N) is 1. The van der Waals surface area contributed by atoms with Gasteiger partial charge in [0.15, 0.2) is 18.2 Å². The van der Waals surface area contributed by atoms with E-state index in [1.54, 1.807) is 13.0 Å². The van der Waals surface area contributed by atoms with Crippen LogP contribution in [-0.4, -0.2) is 23.7 Å². The summed E-state index contributed by atoms with van der Waals surface area (Å²) in [5.41, 5.74) is 0.465. The number of rotatable bonds is 6. The predicted octanol–water partition coefficient (Wildman–Crippen LogP) is 2.42. The topological polar surface area (TPSA) is 58.6 Å². The van der Waals surface area contributed by atoms with Gasteiger partial charge in [0.1, 0.15) is 0 Å². The van der Waals surface area contributed by atoms with Gasteiger partial charge >= 0.3 is 0 Å². The number of hydrogen-bond donors (Lipinski definition) is 2. The quantitative estimate of drug-likeness (QED) is 0.843. The van der Waals surface area contributed by atoms with Crippen LogP contribution in [0.2, 0.25) is 0 Å². The minimum absolute atomic E-state index is 0.00162. The number of aliphatic hydroxyl groups excluding tert-OH is 1.